The molecule has 0 bridgehead atoms. The number of anilines is 1. The van der Waals surface area contributed by atoms with E-state index in [0.29, 0.717) is 16.9 Å². The molecule has 5 nitrogen and oxygen atoms in total. The van der Waals surface area contributed by atoms with Crippen LogP contribution >= 0.6 is 0 Å². The molecule has 3 N–H and O–H groups in total. The maximum Gasteiger partial charge on any atom is 0.273 e. The Kier molecular flexibility index (Phi) is 3.96. The topological polar surface area (TPSA) is 78.0 Å². The molecular formula is C14H13N3O2. The van der Waals surface area contributed by atoms with Gasteiger partial charge in [-0.3, -0.25) is 9.89 Å². The molecule has 1 aromatic heterocycles. The third-order valence-electron chi connectivity index (χ3n) is 2.47. The predicted molar refractivity (Wildman–Crippen MR) is 71.7 cm³/mol. The van der Waals surface area contributed by atoms with Crippen LogP contribution in [0.2, 0.25) is 0 Å². The van der Waals surface area contributed by atoms with Crippen molar-refractivity contribution in [1.29, 1.82) is 0 Å². The summed E-state index contributed by atoms with van der Waals surface area (Å²) >= 11 is 0. The highest BCUT2D eigenvalue weighted by molar-refractivity contribution is 6.03. The number of hydrogen-bond acceptors (Lipinski definition) is 3. The molecule has 2 aromatic rings. The van der Waals surface area contributed by atoms with Crippen LogP contribution in [-0.4, -0.2) is 27.8 Å². The Bertz CT molecular complexity index is 636. The molecule has 5 heteroatoms. The normalized spacial score (nSPS) is 9.58. The van der Waals surface area contributed by atoms with Gasteiger partial charge < -0.3 is 10.4 Å². The highest BCUT2D eigenvalue weighted by atomic mass is 16.2. The van der Waals surface area contributed by atoms with Gasteiger partial charge in [0.15, 0.2) is 0 Å². The van der Waals surface area contributed by atoms with Gasteiger partial charge in [0, 0.05) is 11.8 Å². The van der Waals surface area contributed by atoms with E-state index in [0.717, 1.165) is 5.56 Å². The first-order chi connectivity index (χ1) is 9.20. The number of benzene rings is 1. The number of carbonyl (C=O) groups is 1. The van der Waals surface area contributed by atoms with Crippen molar-refractivity contribution in [2.75, 3.05) is 11.9 Å². The van der Waals surface area contributed by atoms with Crippen LogP contribution in [0, 0.1) is 18.8 Å². The molecule has 0 saturated heterocycles. The monoisotopic (exact) mass is 255 g/mol. The largest absolute Gasteiger partial charge is 0.384 e. The minimum atomic E-state index is -0.284. The molecule has 1 aromatic carbocycles. The Hall–Kier alpha value is -2.58. The Morgan fingerprint density at radius 1 is 1.47 bits per heavy atom. The van der Waals surface area contributed by atoms with Gasteiger partial charge in [-0.2, -0.15) is 5.10 Å². The van der Waals surface area contributed by atoms with Crippen LogP contribution in [0.25, 0.3) is 0 Å². The molecule has 0 aliphatic rings. The molecule has 0 unspecified atom stereocenters. The van der Waals surface area contributed by atoms with Gasteiger partial charge in [-0.15, -0.1) is 0 Å². The van der Waals surface area contributed by atoms with Gasteiger partial charge in [0.1, 0.15) is 12.3 Å². The average Bonchev–Trinajstić information content (AvgIpc) is 2.93. The number of rotatable bonds is 2. The second-order valence-corrected chi connectivity index (χ2v) is 3.93. The summed E-state index contributed by atoms with van der Waals surface area (Å²) in [5, 5.41) is 17.8. The SMILES string of the molecule is Cc1ccc(NC(=O)c2ccn[nH]2)c(C#CCO)c1. The van der Waals surface area contributed by atoms with Crippen LogP contribution in [-0.2, 0) is 0 Å². The van der Waals surface area contributed by atoms with E-state index in [9.17, 15) is 4.79 Å². The van der Waals surface area contributed by atoms with Crippen LogP contribution in [0.5, 0.6) is 0 Å². The lowest BCUT2D eigenvalue weighted by molar-refractivity contribution is 0.102. The number of aromatic amines is 1. The van der Waals surface area contributed by atoms with Crippen molar-refractivity contribution in [2.45, 2.75) is 6.92 Å². The van der Waals surface area contributed by atoms with Gasteiger partial charge in [-0.25, -0.2) is 0 Å². The fraction of sp³-hybridized carbons (Fsp3) is 0.143. The lowest BCUT2D eigenvalue weighted by Crippen LogP contribution is -2.13. The third-order valence-corrected chi connectivity index (χ3v) is 2.47. The Balaban J connectivity index is 2.27. The van der Waals surface area contributed by atoms with Gasteiger partial charge in [0.25, 0.3) is 5.91 Å². The molecule has 1 amide bonds. The van der Waals surface area contributed by atoms with Gasteiger partial charge in [0.05, 0.1) is 5.69 Å². The molecule has 0 radical (unpaired) electrons. The molecule has 0 saturated carbocycles. The number of carbonyl (C=O) groups excluding carboxylic acids is 1. The van der Waals surface area contributed by atoms with Crippen molar-refractivity contribution >= 4 is 11.6 Å². The number of nitrogens with one attached hydrogen (secondary N) is 2. The molecule has 0 spiro atoms. The zero-order chi connectivity index (χ0) is 13.7. The molecule has 19 heavy (non-hydrogen) atoms. The van der Waals surface area contributed by atoms with Crippen molar-refractivity contribution in [3.63, 3.8) is 0 Å². The maximum atomic E-state index is 11.9. The first-order valence-electron chi connectivity index (χ1n) is 5.72. The van der Waals surface area contributed by atoms with E-state index in [1.54, 1.807) is 12.1 Å². The number of amides is 1. The fourth-order valence-corrected chi connectivity index (χ4v) is 1.58. The summed E-state index contributed by atoms with van der Waals surface area (Å²) in [5.41, 5.74) is 2.68. The number of H-pyrrole nitrogens is 1. The summed E-state index contributed by atoms with van der Waals surface area (Å²) in [5.74, 6) is 5.10. The van der Waals surface area contributed by atoms with Crippen molar-refractivity contribution in [1.82, 2.24) is 10.2 Å². The Morgan fingerprint density at radius 3 is 3.00 bits per heavy atom. The number of aromatic nitrogens is 2. The zero-order valence-electron chi connectivity index (χ0n) is 10.4. The van der Waals surface area contributed by atoms with Crippen LogP contribution in [0.3, 0.4) is 0 Å². The van der Waals surface area contributed by atoms with Gasteiger partial charge in [-0.05, 0) is 30.7 Å². The quantitative estimate of drug-likeness (QED) is 0.708. The Labute approximate surface area is 110 Å². The van der Waals surface area contributed by atoms with E-state index >= 15 is 0 Å². The third kappa shape index (κ3) is 3.21. The summed E-state index contributed by atoms with van der Waals surface area (Å²) in [6.45, 7) is 1.71. The van der Waals surface area contributed by atoms with Crippen molar-refractivity contribution in [2.24, 2.45) is 0 Å². The number of aliphatic hydroxyl groups excluding tert-OH is 1. The number of aliphatic hydroxyl groups is 1. The van der Waals surface area contributed by atoms with E-state index in [4.69, 9.17) is 5.11 Å². The van der Waals surface area contributed by atoms with E-state index in [-0.39, 0.29) is 12.5 Å². The molecular weight excluding hydrogens is 242 g/mol. The summed E-state index contributed by atoms with van der Waals surface area (Å²) in [6, 6.07) is 7.10. The second kappa shape index (κ2) is 5.85. The summed E-state index contributed by atoms with van der Waals surface area (Å²) in [7, 11) is 0. The predicted octanol–water partition coefficient (Wildman–Crippen LogP) is 1.31. The van der Waals surface area contributed by atoms with Crippen molar-refractivity contribution in [3.05, 3.63) is 47.3 Å². The first-order valence-corrected chi connectivity index (χ1v) is 5.72. The zero-order valence-corrected chi connectivity index (χ0v) is 10.4. The second-order valence-electron chi connectivity index (χ2n) is 3.93. The smallest absolute Gasteiger partial charge is 0.273 e. The summed E-state index contributed by atoms with van der Waals surface area (Å²) < 4.78 is 0. The number of nitrogens with zero attached hydrogens (tertiary/aromatic N) is 1. The fourth-order valence-electron chi connectivity index (χ4n) is 1.58. The van der Waals surface area contributed by atoms with E-state index in [1.807, 2.05) is 19.1 Å². The number of hydrogen-bond donors (Lipinski definition) is 3. The van der Waals surface area contributed by atoms with Gasteiger partial charge >= 0.3 is 0 Å². The molecule has 0 atom stereocenters. The van der Waals surface area contributed by atoms with Crippen LogP contribution in [0.4, 0.5) is 5.69 Å². The minimum Gasteiger partial charge on any atom is -0.384 e. The Morgan fingerprint density at radius 2 is 2.32 bits per heavy atom. The lowest BCUT2D eigenvalue weighted by atomic mass is 10.1. The number of aryl methyl sites for hydroxylation is 1. The summed E-state index contributed by atoms with van der Waals surface area (Å²) in [4.78, 5) is 11.9. The molecule has 2 rings (SSSR count). The molecule has 0 aliphatic heterocycles. The molecule has 0 fully saturated rings. The van der Waals surface area contributed by atoms with Gasteiger partial charge in [-0.1, -0.05) is 17.9 Å². The highest BCUT2D eigenvalue weighted by Crippen LogP contribution is 2.17. The van der Waals surface area contributed by atoms with Gasteiger partial charge in [0.2, 0.25) is 0 Å². The first kappa shape index (κ1) is 12.9. The van der Waals surface area contributed by atoms with Crippen molar-refractivity contribution < 1.29 is 9.90 Å². The lowest BCUT2D eigenvalue weighted by Gasteiger charge is -2.07. The van der Waals surface area contributed by atoms with E-state index in [2.05, 4.69) is 27.4 Å². The van der Waals surface area contributed by atoms with Crippen LogP contribution in [0.15, 0.2) is 30.5 Å². The van der Waals surface area contributed by atoms with Crippen LogP contribution < -0.4 is 5.32 Å². The summed E-state index contributed by atoms with van der Waals surface area (Å²) in [6.07, 6.45) is 1.51. The molecule has 96 valence electrons. The molecule has 1 heterocycles. The minimum absolute atomic E-state index is 0.220. The van der Waals surface area contributed by atoms with E-state index in [1.165, 1.54) is 6.20 Å². The van der Waals surface area contributed by atoms with Crippen molar-refractivity contribution in [3.8, 4) is 11.8 Å². The van der Waals surface area contributed by atoms with E-state index < -0.39 is 0 Å². The van der Waals surface area contributed by atoms with Crippen LogP contribution in [0.1, 0.15) is 21.6 Å². The molecule has 0 aliphatic carbocycles. The highest BCUT2D eigenvalue weighted by Gasteiger charge is 2.09. The average molecular weight is 255 g/mol. The standard InChI is InChI=1S/C14H13N3O2/c1-10-4-5-12(11(9-10)3-2-8-18)16-14(19)13-6-7-15-17-13/h4-7,9,18H,8H2,1H3,(H,15,17)(H,16,19). The maximum absolute atomic E-state index is 11.9.